The molecule has 0 radical (unpaired) electrons. The van der Waals surface area contributed by atoms with Crippen LogP contribution in [0, 0.1) is 11.8 Å². The highest BCUT2D eigenvalue weighted by molar-refractivity contribution is 7.47. The summed E-state index contributed by atoms with van der Waals surface area (Å²) in [5, 5.41) is 10.6. The minimum Gasteiger partial charge on any atom is -0.462 e. The van der Waals surface area contributed by atoms with Gasteiger partial charge in [-0.15, -0.1) is 0 Å². The molecule has 3 N–H and O–H groups in total. The molecular formula is C74H144O17P2. The third-order valence-corrected chi connectivity index (χ3v) is 19.1. The predicted octanol–water partition coefficient (Wildman–Crippen LogP) is 21.6. The molecule has 0 aliphatic carbocycles. The smallest absolute Gasteiger partial charge is 0.462 e. The molecular weight excluding hydrogens is 1220 g/mol. The molecule has 0 rings (SSSR count). The molecule has 0 heterocycles. The monoisotopic (exact) mass is 1370 g/mol. The Kier molecular flexibility index (Phi) is 64.6. The summed E-state index contributed by atoms with van der Waals surface area (Å²) in [5.41, 5.74) is 0. The first-order valence-electron chi connectivity index (χ1n) is 38.5. The third-order valence-electron chi connectivity index (χ3n) is 17.2. The molecule has 0 aromatic rings. The average molecular weight is 1370 g/mol. The maximum absolute atomic E-state index is 13.1. The second kappa shape index (κ2) is 66.0. The zero-order valence-electron chi connectivity index (χ0n) is 60.6. The summed E-state index contributed by atoms with van der Waals surface area (Å²) in [5.74, 6) is -0.594. The molecule has 0 aliphatic heterocycles. The SMILES string of the molecule is CCCCCCCCCCCCCCCCCCCCCC(=O)O[C@H](COC(=O)CCCCCCCCCCCCCCCCC(C)C)COP(=O)(O)OC[C@@H](O)COP(=O)(O)OC[C@@H](COC(=O)CCCCCCC)OC(=O)CCCCCCCCCCCC(C)C. The van der Waals surface area contributed by atoms with E-state index in [-0.39, 0.29) is 25.7 Å². The minimum atomic E-state index is -4.95. The van der Waals surface area contributed by atoms with Crippen LogP contribution < -0.4 is 0 Å². The molecule has 0 fully saturated rings. The lowest BCUT2D eigenvalue weighted by Gasteiger charge is -2.21. The lowest BCUT2D eigenvalue weighted by Crippen LogP contribution is -2.30. The van der Waals surface area contributed by atoms with Crippen LogP contribution in [0.4, 0.5) is 0 Å². The first kappa shape index (κ1) is 91.1. The highest BCUT2D eigenvalue weighted by Gasteiger charge is 2.30. The Morgan fingerprint density at radius 2 is 0.495 bits per heavy atom. The molecule has 0 bridgehead atoms. The highest BCUT2D eigenvalue weighted by Crippen LogP contribution is 2.45. The van der Waals surface area contributed by atoms with E-state index in [1.807, 2.05) is 0 Å². The molecule has 5 atom stereocenters. The maximum atomic E-state index is 13.1. The van der Waals surface area contributed by atoms with Crippen molar-refractivity contribution in [2.24, 2.45) is 11.8 Å². The molecule has 0 aromatic carbocycles. The van der Waals surface area contributed by atoms with Gasteiger partial charge >= 0.3 is 39.5 Å². The molecule has 552 valence electrons. The van der Waals surface area contributed by atoms with Crippen LogP contribution in [0.15, 0.2) is 0 Å². The first-order valence-corrected chi connectivity index (χ1v) is 41.5. The largest absolute Gasteiger partial charge is 0.472 e. The van der Waals surface area contributed by atoms with Gasteiger partial charge in [0.25, 0.3) is 0 Å². The standard InChI is InChI=1S/C74H144O17P2/c1-7-9-11-13-14-15-16-17-18-19-20-21-22-27-30-35-40-46-52-58-73(78)91-70(63-85-72(77)57-51-45-39-34-29-26-24-23-25-28-32-37-43-48-54-66(3)4)65-89-93(82,83)87-61-68(75)60-86-92(80,81)88-64-69(62-84-71(76)56-50-42-12-10-8-2)90-74(79)59-53-47-41-36-31-33-38-44-49-55-67(5)6/h66-70,75H,7-65H2,1-6H3,(H,80,81)(H,82,83)/t68-,69+,70+/m0/s1. The van der Waals surface area contributed by atoms with Gasteiger partial charge in [-0.1, -0.05) is 330 Å². The highest BCUT2D eigenvalue weighted by atomic mass is 31.2. The van der Waals surface area contributed by atoms with Gasteiger partial charge in [-0.05, 0) is 37.5 Å². The number of aliphatic hydroxyl groups is 1. The zero-order chi connectivity index (χ0) is 68.6. The molecule has 93 heavy (non-hydrogen) atoms. The Bertz CT molecular complexity index is 1800. The summed E-state index contributed by atoms with van der Waals surface area (Å²) in [4.78, 5) is 72.4. The molecule has 0 aromatic heterocycles. The number of phosphoric acid groups is 2. The Morgan fingerprint density at radius 3 is 0.731 bits per heavy atom. The van der Waals surface area contributed by atoms with E-state index in [2.05, 4.69) is 41.5 Å². The van der Waals surface area contributed by atoms with E-state index < -0.39 is 97.5 Å². The lowest BCUT2D eigenvalue weighted by atomic mass is 10.0. The van der Waals surface area contributed by atoms with Crippen molar-refractivity contribution in [3.63, 3.8) is 0 Å². The average Bonchev–Trinajstić information content (AvgIpc) is 1.54. The summed E-state index contributed by atoms with van der Waals surface area (Å²) in [6.07, 6.45) is 53.2. The second-order valence-corrected chi connectivity index (χ2v) is 30.5. The lowest BCUT2D eigenvalue weighted by molar-refractivity contribution is -0.161. The van der Waals surface area contributed by atoms with Crippen molar-refractivity contribution in [3.05, 3.63) is 0 Å². The molecule has 0 saturated heterocycles. The molecule has 0 aliphatic rings. The summed E-state index contributed by atoms with van der Waals surface area (Å²) in [7, 11) is -9.90. The maximum Gasteiger partial charge on any atom is 0.472 e. The minimum absolute atomic E-state index is 0.104. The number of unbranched alkanes of at least 4 members (excludes halogenated alkanes) is 43. The second-order valence-electron chi connectivity index (χ2n) is 27.6. The quantitative estimate of drug-likeness (QED) is 0.0222. The van der Waals surface area contributed by atoms with Crippen LogP contribution in [0.25, 0.3) is 0 Å². The Labute approximate surface area is 568 Å². The number of hydrogen-bond acceptors (Lipinski definition) is 15. The van der Waals surface area contributed by atoms with Gasteiger partial charge in [0.2, 0.25) is 0 Å². The zero-order valence-corrected chi connectivity index (χ0v) is 62.3. The number of hydrogen-bond donors (Lipinski definition) is 3. The van der Waals surface area contributed by atoms with Crippen LogP contribution in [-0.2, 0) is 65.4 Å². The van der Waals surface area contributed by atoms with Gasteiger partial charge in [-0.3, -0.25) is 37.3 Å². The van der Waals surface area contributed by atoms with E-state index in [9.17, 15) is 43.2 Å². The third kappa shape index (κ3) is 68.4. The van der Waals surface area contributed by atoms with E-state index in [4.69, 9.17) is 37.0 Å². The van der Waals surface area contributed by atoms with E-state index in [0.717, 1.165) is 108 Å². The van der Waals surface area contributed by atoms with Gasteiger partial charge in [0.05, 0.1) is 26.4 Å². The predicted molar refractivity (Wildman–Crippen MR) is 377 cm³/mol. The van der Waals surface area contributed by atoms with Gasteiger partial charge in [-0.2, -0.15) is 0 Å². The van der Waals surface area contributed by atoms with E-state index >= 15 is 0 Å². The molecule has 2 unspecified atom stereocenters. The van der Waals surface area contributed by atoms with Crippen LogP contribution in [-0.4, -0.2) is 96.7 Å². The van der Waals surface area contributed by atoms with Crippen LogP contribution in [0.1, 0.15) is 382 Å². The number of phosphoric ester groups is 2. The first-order chi connectivity index (χ1) is 44.9. The summed E-state index contributed by atoms with van der Waals surface area (Å²) in [6, 6.07) is 0. The van der Waals surface area contributed by atoms with Gasteiger partial charge in [0.1, 0.15) is 19.3 Å². The van der Waals surface area contributed by atoms with E-state index in [1.54, 1.807) is 0 Å². The summed E-state index contributed by atoms with van der Waals surface area (Å²) in [6.45, 7) is 9.49. The fourth-order valence-electron chi connectivity index (χ4n) is 11.3. The molecule has 0 spiro atoms. The number of carbonyl (C=O) groups is 4. The summed E-state index contributed by atoms with van der Waals surface area (Å²) >= 11 is 0. The topological polar surface area (TPSA) is 237 Å². The Morgan fingerprint density at radius 1 is 0.290 bits per heavy atom. The Balaban J connectivity index is 5.14. The van der Waals surface area contributed by atoms with Crippen molar-refractivity contribution in [1.82, 2.24) is 0 Å². The van der Waals surface area contributed by atoms with Crippen molar-refractivity contribution >= 4 is 39.5 Å². The number of rotatable bonds is 73. The fourth-order valence-corrected chi connectivity index (χ4v) is 12.9. The normalized spacial score (nSPS) is 14.1. The number of esters is 4. The van der Waals surface area contributed by atoms with Crippen molar-refractivity contribution in [3.8, 4) is 0 Å². The molecule has 17 nitrogen and oxygen atoms in total. The van der Waals surface area contributed by atoms with Crippen LogP contribution in [0.2, 0.25) is 0 Å². The van der Waals surface area contributed by atoms with Crippen LogP contribution >= 0.6 is 15.6 Å². The van der Waals surface area contributed by atoms with Gasteiger partial charge in [0.15, 0.2) is 12.2 Å². The number of carbonyl (C=O) groups excluding carboxylic acids is 4. The van der Waals surface area contributed by atoms with E-state index in [0.29, 0.717) is 25.7 Å². The van der Waals surface area contributed by atoms with Gasteiger partial charge < -0.3 is 33.8 Å². The molecule has 0 amide bonds. The van der Waals surface area contributed by atoms with Gasteiger partial charge in [-0.25, -0.2) is 9.13 Å². The Hall–Kier alpha value is -1.94. The van der Waals surface area contributed by atoms with Crippen LogP contribution in [0.5, 0.6) is 0 Å². The van der Waals surface area contributed by atoms with E-state index in [1.165, 1.54) is 193 Å². The van der Waals surface area contributed by atoms with Crippen molar-refractivity contribution < 1.29 is 80.2 Å². The number of aliphatic hydroxyl groups excluding tert-OH is 1. The van der Waals surface area contributed by atoms with Crippen molar-refractivity contribution in [1.29, 1.82) is 0 Å². The fraction of sp³-hybridized carbons (Fsp3) is 0.946. The summed E-state index contributed by atoms with van der Waals surface area (Å²) < 4.78 is 68.2. The molecule has 19 heteroatoms. The van der Waals surface area contributed by atoms with Crippen molar-refractivity contribution in [2.75, 3.05) is 39.6 Å². The van der Waals surface area contributed by atoms with Gasteiger partial charge in [0, 0.05) is 25.7 Å². The number of ether oxygens (including phenoxy) is 4. The van der Waals surface area contributed by atoms with Crippen molar-refractivity contribution in [2.45, 2.75) is 400 Å². The molecule has 0 saturated carbocycles. The van der Waals surface area contributed by atoms with Crippen LogP contribution in [0.3, 0.4) is 0 Å².